The second kappa shape index (κ2) is 18.8. The lowest BCUT2D eigenvalue weighted by Gasteiger charge is -2.44. The molecule has 0 saturated carbocycles. The molecule has 306 valence electrons. The van der Waals surface area contributed by atoms with Gasteiger partial charge in [0.25, 0.3) is 8.32 Å². The van der Waals surface area contributed by atoms with Gasteiger partial charge in [-0.3, -0.25) is 24.0 Å². The molecule has 3 aromatic carbocycles. The van der Waals surface area contributed by atoms with Crippen molar-refractivity contribution in [2.45, 2.75) is 135 Å². The first-order valence-electron chi connectivity index (χ1n) is 20.7. The molecule has 0 radical (unpaired) electrons. The summed E-state index contributed by atoms with van der Waals surface area (Å²) < 4.78 is 7.03. The van der Waals surface area contributed by atoms with Crippen molar-refractivity contribution in [2.75, 3.05) is 6.54 Å². The first-order chi connectivity index (χ1) is 27.1. The molecule has 11 heteroatoms. The number of hydrogen-bond acceptors (Lipinski definition) is 6. The topological polar surface area (TPSA) is 134 Å². The van der Waals surface area contributed by atoms with Gasteiger partial charge in [-0.1, -0.05) is 138 Å². The predicted octanol–water partition coefficient (Wildman–Crippen LogP) is 5.22. The van der Waals surface area contributed by atoms with Crippen molar-refractivity contribution >= 4 is 48.1 Å². The molecule has 2 heterocycles. The number of carbonyl (C=O) groups excluding carboxylic acids is 5. The van der Waals surface area contributed by atoms with Crippen molar-refractivity contribution in [2.24, 2.45) is 5.92 Å². The lowest BCUT2D eigenvalue weighted by atomic mass is 9.94. The van der Waals surface area contributed by atoms with Crippen LogP contribution in [0.5, 0.6) is 0 Å². The quantitative estimate of drug-likeness (QED) is 0.152. The summed E-state index contributed by atoms with van der Waals surface area (Å²) in [6.45, 7) is 14.3. The number of rotatable bonds is 14. The van der Waals surface area contributed by atoms with Crippen molar-refractivity contribution in [1.29, 1.82) is 0 Å². The van der Waals surface area contributed by atoms with Crippen molar-refractivity contribution in [3.05, 3.63) is 96.6 Å². The van der Waals surface area contributed by atoms with E-state index in [0.29, 0.717) is 45.1 Å². The van der Waals surface area contributed by atoms with Gasteiger partial charge < -0.3 is 25.3 Å². The number of hydrogen-bond donors (Lipinski definition) is 3. The van der Waals surface area contributed by atoms with Gasteiger partial charge in [0.2, 0.25) is 23.6 Å². The van der Waals surface area contributed by atoms with E-state index in [9.17, 15) is 24.0 Å². The van der Waals surface area contributed by atoms with Crippen LogP contribution in [0.4, 0.5) is 0 Å². The van der Waals surface area contributed by atoms with Crippen LogP contribution in [0.2, 0.25) is 5.04 Å². The van der Waals surface area contributed by atoms with Gasteiger partial charge in [-0.05, 0) is 66.4 Å². The molecule has 0 bridgehead atoms. The maximum Gasteiger partial charge on any atom is 0.262 e. The molecule has 2 aliphatic heterocycles. The van der Waals surface area contributed by atoms with Crippen LogP contribution in [0.25, 0.3) is 0 Å². The fourth-order valence-corrected chi connectivity index (χ4v) is 13.0. The molecule has 0 aliphatic carbocycles. The van der Waals surface area contributed by atoms with Gasteiger partial charge in [-0.25, -0.2) is 0 Å². The number of amides is 4. The highest BCUT2D eigenvalue weighted by Crippen LogP contribution is 2.38. The van der Waals surface area contributed by atoms with Crippen LogP contribution < -0.4 is 26.3 Å². The Labute approximate surface area is 340 Å². The summed E-state index contributed by atoms with van der Waals surface area (Å²) in [5, 5.41) is 10.8. The van der Waals surface area contributed by atoms with E-state index in [4.69, 9.17) is 4.43 Å². The molecule has 3 aromatic rings. The number of nitrogens with one attached hydrogen (secondary N) is 3. The fourth-order valence-electron chi connectivity index (χ4n) is 8.36. The Balaban J connectivity index is 1.26. The van der Waals surface area contributed by atoms with Gasteiger partial charge in [-0.2, -0.15) is 0 Å². The number of Topliss-reactive ketones (excluding diaryl/α,β-unsaturated/α-hetero) is 1. The molecule has 2 saturated heterocycles. The first-order valence-corrected chi connectivity index (χ1v) is 22.6. The Hall–Kier alpha value is -4.61. The Morgan fingerprint density at radius 2 is 1.42 bits per heavy atom. The van der Waals surface area contributed by atoms with Gasteiger partial charge in [0, 0.05) is 19.4 Å². The number of unbranched alkanes of at least 4 members (excludes halogenated alkanes) is 2. The zero-order chi connectivity index (χ0) is 41.4. The lowest BCUT2D eigenvalue weighted by Crippen LogP contribution is -2.68. The summed E-state index contributed by atoms with van der Waals surface area (Å²) in [5.74, 6) is -1.49. The minimum Gasteiger partial charge on any atom is -0.398 e. The molecule has 0 spiro atoms. The maximum atomic E-state index is 14.2. The van der Waals surface area contributed by atoms with E-state index < -0.39 is 49.9 Å². The molecule has 10 nitrogen and oxygen atoms in total. The zero-order valence-electron chi connectivity index (χ0n) is 34.8. The van der Waals surface area contributed by atoms with Crippen molar-refractivity contribution in [1.82, 2.24) is 20.9 Å². The van der Waals surface area contributed by atoms with Crippen LogP contribution in [-0.4, -0.2) is 78.9 Å². The summed E-state index contributed by atoms with van der Waals surface area (Å²) in [4.78, 5) is 71.2. The highest BCUT2D eigenvalue weighted by atomic mass is 28.4. The second-order valence-electron chi connectivity index (χ2n) is 17.3. The minimum absolute atomic E-state index is 0.0236. The highest BCUT2D eigenvalue weighted by Gasteiger charge is 2.51. The Bertz CT molecular complexity index is 1810. The van der Waals surface area contributed by atoms with Gasteiger partial charge in [-0.15, -0.1) is 0 Å². The maximum absolute atomic E-state index is 14.2. The standard InChI is InChI=1S/C46H62N4O6Si/c1-8-46(7)44(55)48-38(30-34-21-13-9-14-22-34)43(54)50-31-32(2)29-39(50)42(53)47-37(41(52)49-46)27-19-12-20-28-40(51)33(3)56-57(45(4,5)6,35-23-15-10-16-24-35)36-25-17-11-18-26-36/h9-11,13-18,21-26,32-33,37-39H,8,12,19-20,27-31H2,1-7H3,(H,47,53)(H,48,55)(H,49,52)/t32-,33+,37-,38-,39+,46-/m0/s1. The Morgan fingerprint density at radius 3 is 1.98 bits per heavy atom. The van der Waals surface area contributed by atoms with Crippen LogP contribution in [0, 0.1) is 5.92 Å². The largest absolute Gasteiger partial charge is 0.398 e. The molecule has 5 rings (SSSR count). The van der Waals surface area contributed by atoms with Crippen LogP contribution >= 0.6 is 0 Å². The summed E-state index contributed by atoms with van der Waals surface area (Å²) in [5.41, 5.74) is -0.443. The smallest absolute Gasteiger partial charge is 0.262 e. The Morgan fingerprint density at radius 1 is 0.842 bits per heavy atom. The number of benzene rings is 3. The third kappa shape index (κ3) is 10.1. The van der Waals surface area contributed by atoms with Gasteiger partial charge >= 0.3 is 0 Å². The summed E-state index contributed by atoms with van der Waals surface area (Å²) >= 11 is 0. The van der Waals surface area contributed by atoms with Crippen LogP contribution in [-0.2, 0) is 34.8 Å². The first kappa shape index (κ1) is 43.5. The third-order valence-electron chi connectivity index (χ3n) is 11.9. The van der Waals surface area contributed by atoms with Crippen molar-refractivity contribution in [3.63, 3.8) is 0 Å². The van der Waals surface area contributed by atoms with E-state index in [1.807, 2.05) is 80.6 Å². The van der Waals surface area contributed by atoms with Gasteiger partial charge in [0.05, 0.1) is 0 Å². The molecule has 6 atom stereocenters. The molecule has 0 unspecified atom stereocenters. The van der Waals surface area contributed by atoms with E-state index in [1.54, 1.807) is 18.7 Å². The number of carbonyl (C=O) groups is 5. The summed E-state index contributed by atoms with van der Waals surface area (Å²) in [6.07, 6.45) is 2.80. The van der Waals surface area contributed by atoms with E-state index in [0.717, 1.165) is 15.9 Å². The average molecular weight is 795 g/mol. The number of fused-ring (bicyclic) bond motifs is 1. The van der Waals surface area contributed by atoms with E-state index in [2.05, 4.69) is 61.0 Å². The predicted molar refractivity (Wildman–Crippen MR) is 226 cm³/mol. The van der Waals surface area contributed by atoms with Gasteiger partial charge in [0.1, 0.15) is 29.8 Å². The zero-order valence-corrected chi connectivity index (χ0v) is 35.8. The second-order valence-corrected chi connectivity index (χ2v) is 21.5. The van der Waals surface area contributed by atoms with Gasteiger partial charge in [0.15, 0.2) is 5.78 Å². The summed E-state index contributed by atoms with van der Waals surface area (Å²) in [7, 11) is -2.91. The molecule has 57 heavy (non-hydrogen) atoms. The average Bonchev–Trinajstić information content (AvgIpc) is 3.60. The molecule has 2 fully saturated rings. The molecule has 2 aliphatic rings. The fraction of sp³-hybridized carbons (Fsp3) is 0.500. The van der Waals surface area contributed by atoms with E-state index in [1.165, 1.54) is 0 Å². The third-order valence-corrected chi connectivity index (χ3v) is 17.0. The lowest BCUT2D eigenvalue weighted by molar-refractivity contribution is -0.144. The van der Waals surface area contributed by atoms with Crippen molar-refractivity contribution in [3.8, 4) is 0 Å². The number of nitrogens with zero attached hydrogens (tertiary/aromatic N) is 1. The molecule has 4 amide bonds. The monoisotopic (exact) mass is 794 g/mol. The van der Waals surface area contributed by atoms with Crippen LogP contribution in [0.1, 0.15) is 99.0 Å². The van der Waals surface area contributed by atoms with E-state index in [-0.39, 0.29) is 41.4 Å². The SMILES string of the molecule is CC[C@]1(C)NC(=O)[C@H](CCCCCC(=O)[C@@H](C)O[Si](c2ccccc2)(c2ccccc2)C(C)(C)C)NC(=O)[C@H]2C[C@H](C)CN2C(=O)[C@H](Cc2ccccc2)NC1=O. The van der Waals surface area contributed by atoms with Crippen LogP contribution in [0.3, 0.4) is 0 Å². The van der Waals surface area contributed by atoms with Crippen LogP contribution in [0.15, 0.2) is 91.0 Å². The molecule has 3 N–H and O–H groups in total. The minimum atomic E-state index is -2.91. The summed E-state index contributed by atoms with van der Waals surface area (Å²) in [6, 6.07) is 27.4. The molecular formula is C46H62N4O6Si. The Kier molecular flexibility index (Phi) is 14.3. The highest BCUT2D eigenvalue weighted by molar-refractivity contribution is 6.99. The number of ketones is 1. The normalized spacial score (nSPS) is 24.0. The van der Waals surface area contributed by atoms with Crippen molar-refractivity contribution < 1.29 is 28.4 Å². The molecule has 0 aromatic heterocycles. The van der Waals surface area contributed by atoms with E-state index >= 15 is 0 Å². The molecular weight excluding hydrogens is 733 g/mol.